The average Bonchev–Trinajstić information content (AvgIpc) is 2.49. The molecule has 0 bridgehead atoms. The molecule has 1 aromatic heterocycles. The maximum atomic E-state index is 5.38. The number of terminal acetylenes is 1. The molecule has 0 fully saturated rings. The monoisotopic (exact) mass is 289 g/mol. The van der Waals surface area contributed by atoms with Crippen LogP contribution >= 0.6 is 22.6 Å². The number of hydrogen-bond donors (Lipinski definition) is 1. The van der Waals surface area contributed by atoms with E-state index in [9.17, 15) is 0 Å². The first-order valence-corrected chi connectivity index (χ1v) is 5.21. The second-order valence-corrected chi connectivity index (χ2v) is 3.96. The van der Waals surface area contributed by atoms with Crippen molar-refractivity contribution < 1.29 is 4.42 Å². The molecule has 70 valence electrons. The van der Waals surface area contributed by atoms with Gasteiger partial charge in [0.2, 0.25) is 0 Å². The lowest BCUT2D eigenvalue weighted by molar-refractivity contribution is 0.443. The third-order valence-electron chi connectivity index (χ3n) is 1.68. The van der Waals surface area contributed by atoms with E-state index in [0.717, 1.165) is 22.5 Å². The minimum absolute atomic E-state index is 0.341. The van der Waals surface area contributed by atoms with Crippen LogP contribution in [0.5, 0.6) is 0 Å². The number of halogens is 1. The van der Waals surface area contributed by atoms with Crippen molar-refractivity contribution >= 4 is 22.6 Å². The molecule has 1 N–H and O–H groups in total. The van der Waals surface area contributed by atoms with Gasteiger partial charge in [-0.1, -0.05) is 0 Å². The Morgan fingerprint density at radius 1 is 1.69 bits per heavy atom. The molecule has 0 aliphatic rings. The van der Waals surface area contributed by atoms with E-state index in [1.165, 1.54) is 0 Å². The summed E-state index contributed by atoms with van der Waals surface area (Å²) in [7, 11) is 0. The van der Waals surface area contributed by atoms with E-state index < -0.39 is 0 Å². The largest absolute Gasteiger partial charge is 0.454 e. The van der Waals surface area contributed by atoms with Gasteiger partial charge in [0, 0.05) is 12.5 Å². The van der Waals surface area contributed by atoms with Gasteiger partial charge in [0.15, 0.2) is 3.77 Å². The molecular weight excluding hydrogens is 277 g/mol. The molecule has 0 aliphatic heterocycles. The van der Waals surface area contributed by atoms with E-state index >= 15 is 0 Å². The Kier molecular flexibility index (Phi) is 4.33. The Balaban J connectivity index is 2.31. The summed E-state index contributed by atoms with van der Waals surface area (Å²) in [6, 6.07) is 4.26. The highest BCUT2D eigenvalue weighted by atomic mass is 127. The zero-order valence-corrected chi connectivity index (χ0v) is 9.67. The molecule has 3 heteroatoms. The van der Waals surface area contributed by atoms with Crippen molar-refractivity contribution in [2.75, 3.05) is 0 Å². The highest BCUT2D eigenvalue weighted by molar-refractivity contribution is 14.1. The third-order valence-corrected chi connectivity index (χ3v) is 2.26. The predicted octanol–water partition coefficient (Wildman–Crippen LogP) is 2.39. The van der Waals surface area contributed by atoms with Crippen molar-refractivity contribution in [3.8, 4) is 12.3 Å². The molecule has 0 saturated carbocycles. The lowest BCUT2D eigenvalue weighted by atomic mass is 10.2. The number of rotatable bonds is 4. The van der Waals surface area contributed by atoms with Gasteiger partial charge in [0.25, 0.3) is 0 Å². The number of hydrogen-bond acceptors (Lipinski definition) is 2. The smallest absolute Gasteiger partial charge is 0.164 e. The van der Waals surface area contributed by atoms with Crippen LogP contribution in [0.4, 0.5) is 0 Å². The molecular formula is C10H12INO. The molecule has 0 amide bonds. The van der Waals surface area contributed by atoms with Crippen molar-refractivity contribution in [3.05, 3.63) is 21.7 Å². The fourth-order valence-electron chi connectivity index (χ4n) is 0.971. The molecule has 0 spiro atoms. The average molecular weight is 289 g/mol. The molecule has 0 radical (unpaired) electrons. The molecule has 1 atom stereocenters. The lowest BCUT2D eigenvalue weighted by Crippen LogP contribution is -2.24. The van der Waals surface area contributed by atoms with E-state index in [1.54, 1.807) is 0 Å². The van der Waals surface area contributed by atoms with E-state index in [0.29, 0.717) is 6.04 Å². The summed E-state index contributed by atoms with van der Waals surface area (Å²) >= 11 is 2.15. The molecule has 1 unspecified atom stereocenters. The molecule has 1 heterocycles. The minimum atomic E-state index is 0.341. The second kappa shape index (κ2) is 5.30. The lowest BCUT2D eigenvalue weighted by Gasteiger charge is -2.08. The maximum absolute atomic E-state index is 5.38. The van der Waals surface area contributed by atoms with Crippen molar-refractivity contribution in [1.82, 2.24) is 5.32 Å². The van der Waals surface area contributed by atoms with Crippen LogP contribution in [0.1, 0.15) is 19.1 Å². The first-order valence-electron chi connectivity index (χ1n) is 4.13. The molecule has 13 heavy (non-hydrogen) atoms. The van der Waals surface area contributed by atoms with Crippen LogP contribution in [0.25, 0.3) is 0 Å². The van der Waals surface area contributed by atoms with Gasteiger partial charge in [-0.05, 0) is 41.6 Å². The van der Waals surface area contributed by atoms with Crippen LogP contribution in [-0.2, 0) is 6.54 Å². The van der Waals surface area contributed by atoms with Crippen molar-refractivity contribution in [2.24, 2.45) is 0 Å². The minimum Gasteiger partial charge on any atom is -0.454 e. The Bertz CT molecular complexity index is 300. The van der Waals surface area contributed by atoms with E-state index in [4.69, 9.17) is 10.8 Å². The third kappa shape index (κ3) is 3.83. The fourth-order valence-corrected chi connectivity index (χ4v) is 1.43. The van der Waals surface area contributed by atoms with E-state index in [1.807, 2.05) is 12.1 Å². The van der Waals surface area contributed by atoms with Crippen LogP contribution in [0, 0.1) is 16.1 Å². The van der Waals surface area contributed by atoms with Gasteiger partial charge in [0.1, 0.15) is 5.76 Å². The summed E-state index contributed by atoms with van der Waals surface area (Å²) in [6.07, 6.45) is 5.94. The Morgan fingerprint density at radius 3 is 3.00 bits per heavy atom. The summed E-state index contributed by atoms with van der Waals surface area (Å²) in [6.45, 7) is 2.81. The topological polar surface area (TPSA) is 25.2 Å². The van der Waals surface area contributed by atoms with Gasteiger partial charge in [-0.25, -0.2) is 0 Å². The van der Waals surface area contributed by atoms with Crippen LogP contribution in [0.2, 0.25) is 0 Å². The fraction of sp³-hybridized carbons (Fsp3) is 0.400. The summed E-state index contributed by atoms with van der Waals surface area (Å²) in [5.74, 6) is 3.57. The van der Waals surface area contributed by atoms with Gasteiger partial charge in [-0.3, -0.25) is 0 Å². The summed E-state index contributed by atoms with van der Waals surface area (Å²) in [5, 5.41) is 3.27. The Labute approximate surface area is 92.2 Å². The summed E-state index contributed by atoms with van der Waals surface area (Å²) < 4.78 is 6.30. The Morgan fingerprint density at radius 2 is 2.46 bits per heavy atom. The summed E-state index contributed by atoms with van der Waals surface area (Å²) in [5.41, 5.74) is 0. The first kappa shape index (κ1) is 10.6. The van der Waals surface area contributed by atoms with E-state index in [-0.39, 0.29) is 0 Å². The standard InChI is InChI=1S/C10H12INO/c1-3-4-8(2)12-7-9-5-6-10(11)13-9/h1,5-6,8,12H,4,7H2,2H3. The van der Waals surface area contributed by atoms with E-state index in [2.05, 4.69) is 40.8 Å². The number of nitrogens with one attached hydrogen (secondary N) is 1. The number of furan rings is 1. The molecule has 0 aromatic carbocycles. The van der Waals surface area contributed by atoms with Crippen LogP contribution < -0.4 is 5.32 Å². The first-order chi connectivity index (χ1) is 6.22. The van der Waals surface area contributed by atoms with Gasteiger partial charge in [-0.2, -0.15) is 0 Å². The van der Waals surface area contributed by atoms with Crippen molar-refractivity contribution in [3.63, 3.8) is 0 Å². The van der Waals surface area contributed by atoms with Crippen LogP contribution in [-0.4, -0.2) is 6.04 Å². The quantitative estimate of drug-likeness (QED) is 0.680. The SMILES string of the molecule is C#CCC(C)NCc1ccc(I)o1. The van der Waals surface area contributed by atoms with Gasteiger partial charge >= 0.3 is 0 Å². The van der Waals surface area contributed by atoms with Crippen LogP contribution in [0.3, 0.4) is 0 Å². The van der Waals surface area contributed by atoms with Gasteiger partial charge in [0.05, 0.1) is 6.54 Å². The highest BCUT2D eigenvalue weighted by Crippen LogP contribution is 2.09. The predicted molar refractivity (Wildman–Crippen MR) is 61.2 cm³/mol. The van der Waals surface area contributed by atoms with Gasteiger partial charge in [-0.15, -0.1) is 12.3 Å². The van der Waals surface area contributed by atoms with Crippen molar-refractivity contribution in [1.29, 1.82) is 0 Å². The normalized spacial score (nSPS) is 12.4. The molecule has 0 aliphatic carbocycles. The van der Waals surface area contributed by atoms with Gasteiger partial charge < -0.3 is 9.73 Å². The maximum Gasteiger partial charge on any atom is 0.164 e. The molecule has 1 aromatic rings. The zero-order chi connectivity index (χ0) is 9.68. The second-order valence-electron chi connectivity index (χ2n) is 2.90. The molecule has 1 rings (SSSR count). The zero-order valence-electron chi connectivity index (χ0n) is 7.51. The summed E-state index contributed by atoms with van der Waals surface area (Å²) in [4.78, 5) is 0. The van der Waals surface area contributed by atoms with Crippen molar-refractivity contribution in [2.45, 2.75) is 25.9 Å². The molecule has 0 saturated heterocycles. The molecule has 2 nitrogen and oxygen atoms in total. The van der Waals surface area contributed by atoms with Crippen LogP contribution in [0.15, 0.2) is 16.5 Å². The highest BCUT2D eigenvalue weighted by Gasteiger charge is 2.02. The Hall–Kier alpha value is -0.470.